The average molecular weight is 365 g/mol. The molecule has 3 heteroatoms. The molecule has 1 aromatic heterocycles. The summed E-state index contributed by atoms with van der Waals surface area (Å²) in [5, 5.41) is 0. The van der Waals surface area contributed by atoms with E-state index in [1.54, 1.807) is 0 Å². The summed E-state index contributed by atoms with van der Waals surface area (Å²) >= 11 is 0. The predicted octanol–water partition coefficient (Wildman–Crippen LogP) is 5.84. The van der Waals surface area contributed by atoms with Gasteiger partial charge in [0.25, 0.3) is 0 Å². The van der Waals surface area contributed by atoms with Gasteiger partial charge in [0.05, 0.1) is 22.1 Å². The molecule has 0 bridgehead atoms. The van der Waals surface area contributed by atoms with Gasteiger partial charge in [-0.05, 0) is 29.8 Å². The van der Waals surface area contributed by atoms with Crippen LogP contribution in [0, 0.1) is 0 Å². The molecular weight excluding hydrogens is 342 g/mol. The van der Waals surface area contributed by atoms with E-state index >= 15 is 0 Å². The van der Waals surface area contributed by atoms with E-state index in [0.717, 1.165) is 33.3 Å². The Labute approximate surface area is 165 Å². The highest BCUT2D eigenvalue weighted by molar-refractivity contribution is 6.06. The highest BCUT2D eigenvalue weighted by atomic mass is 14.8. The van der Waals surface area contributed by atoms with E-state index in [4.69, 9.17) is 9.97 Å². The van der Waals surface area contributed by atoms with E-state index < -0.39 is 0 Å². The summed E-state index contributed by atoms with van der Waals surface area (Å²) in [4.78, 5) is 14.2. The van der Waals surface area contributed by atoms with Crippen LogP contribution in [0.3, 0.4) is 0 Å². The third-order valence-electron chi connectivity index (χ3n) is 5.20. The summed E-state index contributed by atoms with van der Waals surface area (Å²) < 4.78 is 0. The molecule has 0 N–H and O–H groups in total. The zero-order chi connectivity index (χ0) is 19.6. The maximum atomic E-state index is 4.85. The molecule has 1 heterocycles. The third-order valence-corrected chi connectivity index (χ3v) is 5.20. The number of allylic oxidation sites excluding steroid dienone is 1. The first-order chi connectivity index (χ1) is 13.6. The molecule has 0 aliphatic heterocycles. The van der Waals surface area contributed by atoms with Gasteiger partial charge in [0.2, 0.25) is 0 Å². The van der Waals surface area contributed by atoms with E-state index in [2.05, 4.69) is 61.3 Å². The molecule has 0 spiro atoms. The van der Waals surface area contributed by atoms with Crippen LogP contribution in [0.5, 0.6) is 0 Å². The van der Waals surface area contributed by atoms with Gasteiger partial charge < -0.3 is 0 Å². The Balaban J connectivity index is 1.76. The first-order valence-electron chi connectivity index (χ1n) is 9.46. The average Bonchev–Trinajstić information content (AvgIpc) is 2.73. The number of aromatic nitrogens is 2. The van der Waals surface area contributed by atoms with Crippen molar-refractivity contribution < 1.29 is 0 Å². The van der Waals surface area contributed by atoms with Crippen molar-refractivity contribution in [2.24, 2.45) is 4.99 Å². The summed E-state index contributed by atoms with van der Waals surface area (Å²) in [7, 11) is 1.85. The SMILES string of the molecule is C/N=C(\C=C\c1cccc2nc3ccccc3nc12)C(C)(C)c1ccccc1. The van der Waals surface area contributed by atoms with Crippen LogP contribution < -0.4 is 0 Å². The number of hydrogen-bond acceptors (Lipinski definition) is 3. The number of hydrogen-bond donors (Lipinski definition) is 0. The second-order valence-electron chi connectivity index (χ2n) is 7.36. The molecule has 138 valence electrons. The van der Waals surface area contributed by atoms with Crippen molar-refractivity contribution >= 4 is 33.9 Å². The number of aliphatic imine (C=N–C) groups is 1. The molecular formula is C25H23N3. The van der Waals surface area contributed by atoms with Crippen molar-refractivity contribution in [1.29, 1.82) is 0 Å². The highest BCUT2D eigenvalue weighted by Gasteiger charge is 2.24. The van der Waals surface area contributed by atoms with Gasteiger partial charge in [-0.1, -0.05) is 74.5 Å². The Morgan fingerprint density at radius 2 is 1.43 bits per heavy atom. The second-order valence-corrected chi connectivity index (χ2v) is 7.36. The molecule has 0 aliphatic rings. The van der Waals surface area contributed by atoms with Gasteiger partial charge in [-0.3, -0.25) is 4.99 Å². The molecule has 4 aromatic rings. The van der Waals surface area contributed by atoms with Crippen LogP contribution in [0.2, 0.25) is 0 Å². The summed E-state index contributed by atoms with van der Waals surface area (Å²) in [6.07, 6.45) is 4.19. The Morgan fingerprint density at radius 1 is 0.786 bits per heavy atom. The minimum atomic E-state index is -0.185. The quantitative estimate of drug-likeness (QED) is 0.336. The third kappa shape index (κ3) is 3.31. The van der Waals surface area contributed by atoms with Crippen molar-refractivity contribution in [1.82, 2.24) is 9.97 Å². The Kier molecular flexibility index (Phi) is 4.74. The molecule has 3 aromatic carbocycles. The molecule has 0 radical (unpaired) electrons. The first-order valence-corrected chi connectivity index (χ1v) is 9.46. The van der Waals surface area contributed by atoms with Gasteiger partial charge in [0.1, 0.15) is 0 Å². The van der Waals surface area contributed by atoms with Crippen LogP contribution in [0.1, 0.15) is 25.0 Å². The van der Waals surface area contributed by atoms with Gasteiger partial charge in [-0.15, -0.1) is 0 Å². The predicted molar refractivity (Wildman–Crippen MR) is 119 cm³/mol. The maximum Gasteiger partial charge on any atom is 0.0966 e. The molecule has 0 fully saturated rings. The zero-order valence-corrected chi connectivity index (χ0v) is 16.4. The van der Waals surface area contributed by atoms with Gasteiger partial charge in [-0.2, -0.15) is 0 Å². The van der Waals surface area contributed by atoms with Crippen LogP contribution in [-0.2, 0) is 5.41 Å². The fourth-order valence-corrected chi connectivity index (χ4v) is 3.53. The van der Waals surface area contributed by atoms with Crippen molar-refractivity contribution in [3.63, 3.8) is 0 Å². The fourth-order valence-electron chi connectivity index (χ4n) is 3.53. The van der Waals surface area contributed by atoms with Crippen LogP contribution in [0.4, 0.5) is 0 Å². The van der Waals surface area contributed by atoms with Crippen LogP contribution in [-0.4, -0.2) is 22.7 Å². The molecule has 4 rings (SSSR count). The number of fused-ring (bicyclic) bond motifs is 2. The largest absolute Gasteiger partial charge is 0.292 e. The van der Waals surface area contributed by atoms with E-state index in [0.29, 0.717) is 0 Å². The second kappa shape index (κ2) is 7.35. The van der Waals surface area contributed by atoms with Crippen LogP contribution in [0.15, 0.2) is 83.9 Å². The minimum absolute atomic E-state index is 0.185. The lowest BCUT2D eigenvalue weighted by Crippen LogP contribution is -2.27. The fraction of sp³-hybridized carbons (Fsp3) is 0.160. The summed E-state index contributed by atoms with van der Waals surface area (Å²) in [6.45, 7) is 4.40. The van der Waals surface area contributed by atoms with Gasteiger partial charge >= 0.3 is 0 Å². The topological polar surface area (TPSA) is 38.1 Å². The molecule has 0 atom stereocenters. The Bertz CT molecular complexity index is 1190. The Hall–Kier alpha value is -3.33. The van der Waals surface area contributed by atoms with Crippen molar-refractivity contribution in [2.75, 3.05) is 7.05 Å². The summed E-state index contributed by atoms with van der Waals surface area (Å²) in [5.41, 5.74) is 6.75. The van der Waals surface area contributed by atoms with E-state index in [1.807, 2.05) is 49.5 Å². The Morgan fingerprint density at radius 3 is 2.14 bits per heavy atom. The first kappa shape index (κ1) is 18.1. The number of rotatable bonds is 4. The molecule has 28 heavy (non-hydrogen) atoms. The van der Waals surface area contributed by atoms with Crippen molar-refractivity contribution in [3.8, 4) is 0 Å². The molecule has 0 aliphatic carbocycles. The monoisotopic (exact) mass is 365 g/mol. The lowest BCUT2D eigenvalue weighted by molar-refractivity contribution is 0.719. The van der Waals surface area contributed by atoms with Crippen LogP contribution in [0.25, 0.3) is 28.1 Å². The molecule has 0 saturated carbocycles. The summed E-state index contributed by atoms with van der Waals surface area (Å²) in [6, 6.07) is 24.6. The van der Waals surface area contributed by atoms with Gasteiger partial charge in [0, 0.05) is 23.7 Å². The van der Waals surface area contributed by atoms with E-state index in [1.165, 1.54) is 5.56 Å². The molecule has 3 nitrogen and oxygen atoms in total. The maximum absolute atomic E-state index is 4.85. The van der Waals surface area contributed by atoms with Gasteiger partial charge in [-0.25, -0.2) is 9.97 Å². The van der Waals surface area contributed by atoms with Crippen molar-refractivity contribution in [2.45, 2.75) is 19.3 Å². The normalized spacial score (nSPS) is 12.9. The lowest BCUT2D eigenvalue weighted by Gasteiger charge is -2.25. The van der Waals surface area contributed by atoms with Crippen LogP contribution >= 0.6 is 0 Å². The van der Waals surface area contributed by atoms with E-state index in [-0.39, 0.29) is 5.41 Å². The number of para-hydroxylation sites is 3. The summed E-state index contributed by atoms with van der Waals surface area (Å²) in [5.74, 6) is 0. The van der Waals surface area contributed by atoms with E-state index in [9.17, 15) is 0 Å². The number of nitrogens with zero attached hydrogens (tertiary/aromatic N) is 3. The zero-order valence-electron chi connectivity index (χ0n) is 16.4. The standard InChI is InChI=1S/C25H23N3/c1-25(2,19-11-5-4-6-12-19)23(26-3)17-16-18-10-9-15-22-24(18)28-21-14-8-7-13-20(21)27-22/h4-17H,1-3H3/b17-16+,26-23+. The molecule has 0 unspecified atom stereocenters. The highest BCUT2D eigenvalue weighted by Crippen LogP contribution is 2.27. The smallest absolute Gasteiger partial charge is 0.0966 e. The number of benzene rings is 3. The molecule has 0 saturated heterocycles. The molecule has 0 amide bonds. The lowest BCUT2D eigenvalue weighted by atomic mass is 9.79. The minimum Gasteiger partial charge on any atom is -0.292 e. The van der Waals surface area contributed by atoms with Crippen molar-refractivity contribution in [3.05, 3.63) is 90.0 Å². The van der Waals surface area contributed by atoms with Gasteiger partial charge in [0.15, 0.2) is 0 Å².